The Kier molecular flexibility index (Phi) is 9.30. The minimum Gasteiger partial charge on any atom is -0.392 e. The van der Waals surface area contributed by atoms with Crippen molar-refractivity contribution in [2.75, 3.05) is 11.3 Å². The van der Waals surface area contributed by atoms with E-state index in [-0.39, 0.29) is 32.6 Å². The van der Waals surface area contributed by atoms with Gasteiger partial charge >= 0.3 is 6.18 Å². The number of aliphatic hydroxyl groups excluding tert-OH is 1. The van der Waals surface area contributed by atoms with E-state index in [9.17, 15) is 44.7 Å². The number of sulfonamides is 2. The number of nitrogens with zero attached hydrogens (tertiary/aromatic N) is 1. The number of carbonyl (C=O) groups is 2. The molecule has 0 saturated carbocycles. The van der Waals surface area contributed by atoms with Crippen molar-refractivity contribution in [1.29, 1.82) is 0 Å². The molecule has 4 rings (SSSR count). The summed E-state index contributed by atoms with van der Waals surface area (Å²) in [5.41, 5.74) is 2.41. The van der Waals surface area contributed by atoms with Crippen LogP contribution >= 0.6 is 23.2 Å². The Morgan fingerprint density at radius 1 is 0.884 bits per heavy atom. The average Bonchev–Trinajstić information content (AvgIpc) is 3.35. The van der Waals surface area contributed by atoms with E-state index in [4.69, 9.17) is 23.2 Å². The number of rotatable bonds is 7. The molecule has 18 heteroatoms. The number of aliphatic hydroxyl groups is 1. The number of amides is 2. The highest BCUT2D eigenvalue weighted by Gasteiger charge is 2.43. The highest BCUT2D eigenvalue weighted by atomic mass is 35.5. The largest absolute Gasteiger partial charge is 0.416 e. The Morgan fingerprint density at radius 2 is 1.58 bits per heavy atom. The molecule has 3 aromatic carbocycles. The summed E-state index contributed by atoms with van der Waals surface area (Å²) in [4.78, 5) is 24.8. The maximum absolute atomic E-state index is 13.2. The number of β-amino-alcohol motifs (C(OH)–C–C–N with tert-alkyl or cyclic N) is 1. The van der Waals surface area contributed by atoms with Gasteiger partial charge in [-0.15, -0.1) is 0 Å². The SMILES string of the molecule is O=C(NNC(=O)[C@H]1C[C@H](O)CN1S(=O)(=O)c1ccc(Cl)c(Cl)c1)c1cccc(S(=O)(=O)Nc2cccc(C(F)(F)F)c2)c1. The highest BCUT2D eigenvalue weighted by molar-refractivity contribution is 7.92. The molecule has 1 heterocycles. The quantitative estimate of drug-likeness (QED) is 0.278. The summed E-state index contributed by atoms with van der Waals surface area (Å²) in [7, 11) is -8.78. The zero-order valence-electron chi connectivity index (χ0n) is 21.5. The van der Waals surface area contributed by atoms with Gasteiger partial charge in [0.15, 0.2) is 0 Å². The Bertz CT molecular complexity index is 1790. The minimum atomic E-state index is -4.70. The number of hydrogen-bond donors (Lipinski definition) is 4. The van der Waals surface area contributed by atoms with E-state index < -0.39 is 67.2 Å². The molecule has 0 spiro atoms. The van der Waals surface area contributed by atoms with Gasteiger partial charge in [0.1, 0.15) is 6.04 Å². The molecule has 2 amide bonds. The van der Waals surface area contributed by atoms with Crippen LogP contribution in [0.3, 0.4) is 0 Å². The van der Waals surface area contributed by atoms with Crippen LogP contribution in [0.2, 0.25) is 10.0 Å². The van der Waals surface area contributed by atoms with Gasteiger partial charge in [-0.25, -0.2) is 16.8 Å². The first-order chi connectivity index (χ1) is 20.0. The molecule has 1 aliphatic rings. The minimum absolute atomic E-state index is 0.0509. The van der Waals surface area contributed by atoms with Crippen molar-refractivity contribution in [3.8, 4) is 0 Å². The lowest BCUT2D eigenvalue weighted by Gasteiger charge is -2.23. The molecule has 0 aliphatic carbocycles. The lowest BCUT2D eigenvalue weighted by Crippen LogP contribution is -2.51. The molecule has 1 aliphatic heterocycles. The molecule has 43 heavy (non-hydrogen) atoms. The smallest absolute Gasteiger partial charge is 0.392 e. The van der Waals surface area contributed by atoms with E-state index in [0.717, 1.165) is 40.7 Å². The van der Waals surface area contributed by atoms with Crippen LogP contribution < -0.4 is 15.6 Å². The Morgan fingerprint density at radius 3 is 2.26 bits per heavy atom. The number of nitrogens with one attached hydrogen (secondary N) is 3. The predicted molar refractivity (Wildman–Crippen MR) is 149 cm³/mol. The van der Waals surface area contributed by atoms with Crippen LogP contribution in [0.4, 0.5) is 18.9 Å². The molecule has 11 nitrogen and oxygen atoms in total. The summed E-state index contributed by atoms with van der Waals surface area (Å²) >= 11 is 11.8. The summed E-state index contributed by atoms with van der Waals surface area (Å²) in [6.07, 6.45) is -6.20. The third-order valence-corrected chi connectivity index (χ3v) is 10.2. The van der Waals surface area contributed by atoms with Crippen LogP contribution in [0.25, 0.3) is 0 Å². The molecule has 230 valence electrons. The van der Waals surface area contributed by atoms with Crippen molar-refractivity contribution in [1.82, 2.24) is 15.2 Å². The van der Waals surface area contributed by atoms with E-state index in [0.29, 0.717) is 6.07 Å². The molecule has 4 N–H and O–H groups in total. The molecule has 2 atom stereocenters. The highest BCUT2D eigenvalue weighted by Crippen LogP contribution is 2.32. The fourth-order valence-electron chi connectivity index (χ4n) is 4.11. The summed E-state index contributed by atoms with van der Waals surface area (Å²) in [6.45, 7) is -0.423. The first-order valence-electron chi connectivity index (χ1n) is 12.0. The lowest BCUT2D eigenvalue weighted by molar-refractivity contribution is -0.137. The van der Waals surface area contributed by atoms with Gasteiger partial charge in [0, 0.05) is 24.2 Å². The van der Waals surface area contributed by atoms with E-state index in [1.807, 2.05) is 4.72 Å². The van der Waals surface area contributed by atoms with Gasteiger partial charge in [0.05, 0.1) is 31.5 Å². The molecular formula is C25H21Cl2F3N4O7S2. The topological polar surface area (TPSA) is 162 Å². The predicted octanol–water partition coefficient (Wildman–Crippen LogP) is 3.40. The molecule has 1 fully saturated rings. The van der Waals surface area contributed by atoms with Crippen molar-refractivity contribution in [3.05, 3.63) is 87.9 Å². The first kappa shape index (κ1) is 32.5. The van der Waals surface area contributed by atoms with E-state index in [1.165, 1.54) is 24.3 Å². The van der Waals surface area contributed by atoms with Crippen LogP contribution in [0.5, 0.6) is 0 Å². The van der Waals surface area contributed by atoms with E-state index in [1.54, 1.807) is 0 Å². The number of hydrogen-bond acceptors (Lipinski definition) is 7. The van der Waals surface area contributed by atoms with E-state index >= 15 is 0 Å². The molecule has 0 unspecified atom stereocenters. The molecule has 0 radical (unpaired) electrons. The fourth-order valence-corrected chi connectivity index (χ4v) is 7.23. The van der Waals surface area contributed by atoms with E-state index in [2.05, 4.69) is 10.9 Å². The number of carbonyl (C=O) groups excluding carboxylic acids is 2. The zero-order chi connectivity index (χ0) is 31.7. The number of halogens is 5. The van der Waals surface area contributed by atoms with Gasteiger partial charge in [-0.05, 0) is 54.6 Å². The maximum atomic E-state index is 13.2. The Balaban J connectivity index is 1.46. The second kappa shape index (κ2) is 12.3. The summed E-state index contributed by atoms with van der Waals surface area (Å²) in [5.74, 6) is -1.99. The number of anilines is 1. The second-order valence-electron chi connectivity index (χ2n) is 9.21. The molecular weight excluding hydrogens is 660 g/mol. The van der Waals surface area contributed by atoms with Crippen molar-refractivity contribution >= 4 is 60.8 Å². The van der Waals surface area contributed by atoms with Crippen LogP contribution in [-0.4, -0.2) is 56.8 Å². The summed E-state index contributed by atoms with van der Waals surface area (Å²) in [5, 5.41) is 10.2. The second-order valence-corrected chi connectivity index (χ2v) is 13.6. The maximum Gasteiger partial charge on any atom is 0.416 e. The summed E-state index contributed by atoms with van der Waals surface area (Å²) < 4.78 is 93.7. The monoisotopic (exact) mass is 680 g/mol. The number of alkyl halides is 3. The molecule has 1 saturated heterocycles. The average molecular weight is 681 g/mol. The van der Waals surface area contributed by atoms with Crippen LogP contribution in [0.15, 0.2) is 76.5 Å². The van der Waals surface area contributed by atoms with Crippen LogP contribution in [-0.2, 0) is 31.0 Å². The van der Waals surface area contributed by atoms with Gasteiger partial charge in [-0.3, -0.25) is 25.2 Å². The van der Waals surface area contributed by atoms with Gasteiger partial charge in [-0.2, -0.15) is 17.5 Å². The van der Waals surface area contributed by atoms with Crippen molar-refractivity contribution in [2.45, 2.75) is 34.5 Å². The van der Waals surface area contributed by atoms with Gasteiger partial charge in [0.25, 0.3) is 21.8 Å². The molecule has 0 aromatic heterocycles. The lowest BCUT2D eigenvalue weighted by atomic mass is 10.2. The van der Waals surface area contributed by atoms with Gasteiger partial charge in [-0.1, -0.05) is 35.3 Å². The summed E-state index contributed by atoms with van der Waals surface area (Å²) in [6, 6.07) is 9.99. The van der Waals surface area contributed by atoms with Crippen LogP contribution in [0, 0.1) is 0 Å². The number of benzene rings is 3. The zero-order valence-corrected chi connectivity index (χ0v) is 24.6. The third-order valence-electron chi connectivity index (χ3n) is 6.18. The third kappa shape index (κ3) is 7.39. The standard InChI is InChI=1S/C25H21Cl2F3N4O7S2/c26-20-8-7-19(12-21(20)27)43(40,41)34-13-17(35)11-22(34)24(37)32-31-23(36)14-3-1-6-18(9-14)42(38,39)33-16-5-2-4-15(10-16)25(28,29)30/h1-10,12,17,22,33,35H,11,13H2,(H,31,36)(H,32,37)/t17-,22+/m0/s1. The van der Waals surface area contributed by atoms with Gasteiger partial charge < -0.3 is 5.11 Å². The van der Waals surface area contributed by atoms with Gasteiger partial charge in [0.2, 0.25) is 10.0 Å². The Labute approximate surface area is 253 Å². The first-order valence-corrected chi connectivity index (χ1v) is 15.7. The van der Waals surface area contributed by atoms with Crippen LogP contribution in [0.1, 0.15) is 22.3 Å². The number of hydrazine groups is 1. The molecule has 0 bridgehead atoms. The molecule has 3 aromatic rings. The fraction of sp³-hybridized carbons (Fsp3) is 0.200. The Hall–Kier alpha value is -3.41. The van der Waals surface area contributed by atoms with Crippen molar-refractivity contribution in [2.24, 2.45) is 0 Å². The van der Waals surface area contributed by atoms with Crippen molar-refractivity contribution in [3.63, 3.8) is 0 Å². The van der Waals surface area contributed by atoms with Crippen molar-refractivity contribution < 1.29 is 44.7 Å². The normalized spacial score (nSPS) is 17.8.